The van der Waals surface area contributed by atoms with Gasteiger partial charge in [-0.25, -0.2) is 0 Å². The number of allylic oxidation sites excluding steroid dienone is 1. The van der Waals surface area contributed by atoms with Gasteiger partial charge in [0.15, 0.2) is 0 Å². The Bertz CT molecular complexity index is 619. The Labute approximate surface area is 183 Å². The SMILES string of the molecule is C=C1c2cc(C(CCCC)C(C)=NC)ccc2CCC1(C)C.CC.CCCCC. The van der Waals surface area contributed by atoms with Crippen LogP contribution in [0.2, 0.25) is 0 Å². The van der Waals surface area contributed by atoms with E-state index >= 15 is 0 Å². The largest absolute Gasteiger partial charge is 0.297 e. The van der Waals surface area contributed by atoms with Gasteiger partial charge in [0.2, 0.25) is 0 Å². The molecular weight excluding hydrogens is 350 g/mol. The summed E-state index contributed by atoms with van der Waals surface area (Å²) in [6, 6.07) is 7.04. The number of benzene rings is 1. The number of rotatable bonds is 7. The van der Waals surface area contributed by atoms with E-state index in [-0.39, 0.29) is 5.41 Å². The van der Waals surface area contributed by atoms with Crippen LogP contribution >= 0.6 is 0 Å². The summed E-state index contributed by atoms with van der Waals surface area (Å²) in [5.41, 5.74) is 7.03. The van der Waals surface area contributed by atoms with Crippen molar-refractivity contribution in [2.75, 3.05) is 7.05 Å². The molecule has 1 nitrogen and oxygen atoms in total. The zero-order valence-corrected chi connectivity index (χ0v) is 21.1. The third-order valence-corrected chi connectivity index (χ3v) is 6.11. The van der Waals surface area contributed by atoms with Gasteiger partial charge < -0.3 is 0 Å². The van der Waals surface area contributed by atoms with Gasteiger partial charge in [0.05, 0.1) is 0 Å². The molecule has 29 heavy (non-hydrogen) atoms. The highest BCUT2D eigenvalue weighted by atomic mass is 14.7. The van der Waals surface area contributed by atoms with Gasteiger partial charge >= 0.3 is 0 Å². The van der Waals surface area contributed by atoms with Gasteiger partial charge in [0.1, 0.15) is 0 Å². The Kier molecular flexibility index (Phi) is 13.9. The fraction of sp³-hybridized carbons (Fsp3) is 0.679. The van der Waals surface area contributed by atoms with Crippen molar-refractivity contribution in [3.8, 4) is 0 Å². The fourth-order valence-corrected chi connectivity index (χ4v) is 3.81. The molecule has 0 heterocycles. The highest BCUT2D eigenvalue weighted by molar-refractivity contribution is 5.89. The molecule has 1 aromatic carbocycles. The molecular formula is C28H49N. The van der Waals surface area contributed by atoms with Gasteiger partial charge in [0.25, 0.3) is 0 Å². The summed E-state index contributed by atoms with van der Waals surface area (Å²) in [5.74, 6) is 0.452. The first-order valence-electron chi connectivity index (χ1n) is 12.1. The molecule has 0 fully saturated rings. The van der Waals surface area contributed by atoms with Crippen molar-refractivity contribution in [3.63, 3.8) is 0 Å². The second-order valence-electron chi connectivity index (χ2n) is 8.69. The van der Waals surface area contributed by atoms with Gasteiger partial charge in [-0.05, 0) is 53.9 Å². The van der Waals surface area contributed by atoms with Crippen LogP contribution in [0.25, 0.3) is 5.57 Å². The molecule has 1 heteroatoms. The standard InChI is InChI=1S/C21H31N.C5H12.C2H6/c1-7-8-9-19(16(3)22-6)18-11-10-17-12-13-21(4,5)15(2)20(17)14-18;1-3-5-4-2;1-2/h10-11,14,19H,2,7-9,12-13H2,1,3-6H3;3-5H2,1-2H3;1-2H3. The summed E-state index contributed by atoms with van der Waals surface area (Å²) in [5, 5.41) is 0. The van der Waals surface area contributed by atoms with Crippen LogP contribution in [0.1, 0.15) is 123 Å². The Hall–Kier alpha value is -1.37. The van der Waals surface area contributed by atoms with Crippen molar-refractivity contribution < 1.29 is 0 Å². The number of nitrogens with zero attached hydrogens (tertiary/aromatic N) is 1. The van der Waals surface area contributed by atoms with Crippen molar-refractivity contribution in [2.24, 2.45) is 10.4 Å². The summed E-state index contributed by atoms with van der Waals surface area (Å²) in [6.07, 6.45) is 10.1. The molecule has 0 radical (unpaired) electrons. The van der Waals surface area contributed by atoms with Gasteiger partial charge in [0, 0.05) is 18.7 Å². The summed E-state index contributed by atoms with van der Waals surface area (Å²) >= 11 is 0. The quantitative estimate of drug-likeness (QED) is 0.405. The number of fused-ring (bicyclic) bond motifs is 1. The number of hydrogen-bond donors (Lipinski definition) is 0. The van der Waals surface area contributed by atoms with Crippen molar-refractivity contribution in [3.05, 3.63) is 41.5 Å². The van der Waals surface area contributed by atoms with Crippen molar-refractivity contribution >= 4 is 11.3 Å². The zero-order valence-electron chi connectivity index (χ0n) is 21.1. The number of aliphatic imine (C=N–C) groups is 1. The molecule has 1 aromatic rings. The molecule has 0 amide bonds. The normalized spacial score (nSPS) is 16.0. The van der Waals surface area contributed by atoms with Crippen LogP contribution in [-0.4, -0.2) is 12.8 Å². The van der Waals surface area contributed by atoms with E-state index in [9.17, 15) is 0 Å². The van der Waals surface area contributed by atoms with Crippen LogP contribution in [-0.2, 0) is 6.42 Å². The average Bonchev–Trinajstić information content (AvgIpc) is 2.73. The van der Waals surface area contributed by atoms with Crippen LogP contribution in [0.4, 0.5) is 0 Å². The van der Waals surface area contributed by atoms with Crippen molar-refractivity contribution in [1.29, 1.82) is 0 Å². The highest BCUT2D eigenvalue weighted by Gasteiger charge is 2.29. The second kappa shape index (κ2) is 14.6. The van der Waals surface area contributed by atoms with Crippen LogP contribution in [0, 0.1) is 5.41 Å². The number of hydrogen-bond acceptors (Lipinski definition) is 1. The molecule has 1 unspecified atom stereocenters. The van der Waals surface area contributed by atoms with E-state index in [1.54, 1.807) is 0 Å². The molecule has 0 bridgehead atoms. The van der Waals surface area contributed by atoms with Crippen molar-refractivity contribution in [1.82, 2.24) is 0 Å². The smallest absolute Gasteiger partial charge is 0.0276 e. The Morgan fingerprint density at radius 2 is 1.66 bits per heavy atom. The third kappa shape index (κ3) is 8.49. The first-order valence-corrected chi connectivity index (χ1v) is 12.1. The van der Waals surface area contributed by atoms with E-state index in [0.29, 0.717) is 5.92 Å². The molecule has 1 aliphatic rings. The van der Waals surface area contributed by atoms with E-state index in [2.05, 4.69) is 71.3 Å². The van der Waals surface area contributed by atoms with E-state index in [1.165, 1.54) is 79.3 Å². The minimum Gasteiger partial charge on any atom is -0.297 e. The first kappa shape index (κ1) is 27.6. The zero-order chi connectivity index (χ0) is 22.4. The predicted octanol–water partition coefficient (Wildman–Crippen LogP) is 9.26. The van der Waals surface area contributed by atoms with Gasteiger partial charge in [-0.3, -0.25) is 4.99 Å². The lowest BCUT2D eigenvalue weighted by Gasteiger charge is -2.34. The second-order valence-corrected chi connectivity index (χ2v) is 8.69. The lowest BCUT2D eigenvalue weighted by atomic mass is 9.70. The van der Waals surface area contributed by atoms with Gasteiger partial charge in [-0.15, -0.1) is 0 Å². The van der Waals surface area contributed by atoms with E-state index in [0.717, 1.165) is 0 Å². The first-order chi connectivity index (χ1) is 13.8. The van der Waals surface area contributed by atoms with E-state index in [4.69, 9.17) is 0 Å². The molecule has 0 N–H and O–H groups in total. The topological polar surface area (TPSA) is 12.4 Å². The summed E-state index contributed by atoms with van der Waals surface area (Å²) in [4.78, 5) is 4.47. The minimum atomic E-state index is 0.221. The minimum absolute atomic E-state index is 0.221. The predicted molar refractivity (Wildman–Crippen MR) is 135 cm³/mol. The monoisotopic (exact) mass is 399 g/mol. The fourth-order valence-electron chi connectivity index (χ4n) is 3.81. The lowest BCUT2D eigenvalue weighted by Crippen LogP contribution is -2.21. The molecule has 0 aromatic heterocycles. The van der Waals surface area contributed by atoms with Crippen LogP contribution in [0.5, 0.6) is 0 Å². The van der Waals surface area contributed by atoms with Crippen molar-refractivity contribution in [2.45, 2.75) is 113 Å². The molecule has 0 spiro atoms. The maximum atomic E-state index is 4.47. The lowest BCUT2D eigenvalue weighted by molar-refractivity contribution is 0.444. The summed E-state index contributed by atoms with van der Waals surface area (Å²) < 4.78 is 0. The molecule has 0 aliphatic heterocycles. The van der Waals surface area contributed by atoms with Gasteiger partial charge in [-0.1, -0.05) is 105 Å². The molecule has 166 valence electrons. The molecule has 1 aliphatic carbocycles. The van der Waals surface area contributed by atoms with Crippen LogP contribution in [0.3, 0.4) is 0 Å². The summed E-state index contributed by atoms with van der Waals surface area (Å²) in [6.45, 7) is 21.9. The average molecular weight is 400 g/mol. The van der Waals surface area contributed by atoms with Crippen LogP contribution < -0.4 is 0 Å². The van der Waals surface area contributed by atoms with E-state index in [1.807, 2.05) is 20.9 Å². The Morgan fingerprint density at radius 1 is 1.07 bits per heavy atom. The number of unbranched alkanes of at least 4 members (excludes halogenated alkanes) is 3. The number of aryl methyl sites for hydroxylation is 1. The summed E-state index contributed by atoms with van der Waals surface area (Å²) in [7, 11) is 1.91. The molecule has 2 rings (SSSR count). The molecule has 1 atom stereocenters. The molecule has 0 saturated heterocycles. The maximum absolute atomic E-state index is 4.47. The Balaban J connectivity index is 0.000000977. The maximum Gasteiger partial charge on any atom is 0.0276 e. The Morgan fingerprint density at radius 3 is 2.14 bits per heavy atom. The van der Waals surface area contributed by atoms with E-state index < -0.39 is 0 Å². The third-order valence-electron chi connectivity index (χ3n) is 6.11. The van der Waals surface area contributed by atoms with Crippen LogP contribution in [0.15, 0.2) is 29.8 Å². The highest BCUT2D eigenvalue weighted by Crippen LogP contribution is 2.44. The van der Waals surface area contributed by atoms with Gasteiger partial charge in [-0.2, -0.15) is 0 Å². The molecule has 0 saturated carbocycles.